The molecule has 0 nitrogen and oxygen atoms in total. The van der Waals surface area contributed by atoms with E-state index in [0.717, 1.165) is 11.8 Å². The number of aryl methyl sites for hydroxylation is 1. The van der Waals surface area contributed by atoms with E-state index in [1.54, 1.807) is 0 Å². The first kappa shape index (κ1) is 21.6. The fourth-order valence-corrected chi connectivity index (χ4v) is 3.96. The van der Waals surface area contributed by atoms with Gasteiger partial charge in [0.05, 0.1) is 0 Å². The van der Waals surface area contributed by atoms with Crippen LogP contribution in [-0.4, -0.2) is 0 Å². The van der Waals surface area contributed by atoms with Crippen molar-refractivity contribution in [2.45, 2.75) is 84.5 Å². The number of allylic oxidation sites excluding steroid dienone is 3. The van der Waals surface area contributed by atoms with Gasteiger partial charge >= 0.3 is 0 Å². The molecular weight excluding hydrogens is 324 g/mol. The van der Waals surface area contributed by atoms with Gasteiger partial charge in [0.15, 0.2) is 0 Å². The zero-order valence-corrected chi connectivity index (χ0v) is 17.6. The number of benzene rings is 1. The average molecular weight is 363 g/mol. The normalized spacial score (nSPS) is 20.1. The summed E-state index contributed by atoms with van der Waals surface area (Å²) in [6.45, 7) is 4.55. The molecule has 1 saturated carbocycles. The van der Waals surface area contributed by atoms with E-state index >= 15 is 0 Å². The Morgan fingerprint density at radius 2 is 1.56 bits per heavy atom. The minimum Gasteiger partial charge on any atom is -0.0730 e. The maximum absolute atomic E-state index is 3.18. The summed E-state index contributed by atoms with van der Waals surface area (Å²) < 4.78 is 0. The van der Waals surface area contributed by atoms with Crippen molar-refractivity contribution in [3.8, 4) is 11.8 Å². The number of hydrogen-bond donors (Lipinski definition) is 0. The van der Waals surface area contributed by atoms with Crippen molar-refractivity contribution in [3.63, 3.8) is 0 Å². The highest BCUT2D eigenvalue weighted by Crippen LogP contribution is 2.32. The van der Waals surface area contributed by atoms with Gasteiger partial charge in [0.25, 0.3) is 0 Å². The lowest BCUT2D eigenvalue weighted by atomic mass is 9.80. The van der Waals surface area contributed by atoms with Crippen LogP contribution >= 0.6 is 0 Å². The molecule has 0 aromatic heterocycles. The Labute approximate surface area is 168 Å². The Morgan fingerprint density at radius 1 is 0.852 bits per heavy atom. The van der Waals surface area contributed by atoms with Gasteiger partial charge in [0, 0.05) is 0 Å². The van der Waals surface area contributed by atoms with Gasteiger partial charge in [0.1, 0.15) is 0 Å². The predicted octanol–water partition coefficient (Wildman–Crippen LogP) is 7.99. The number of hydrogen-bond acceptors (Lipinski definition) is 0. The minimum absolute atomic E-state index is 0.751. The van der Waals surface area contributed by atoms with Crippen molar-refractivity contribution >= 4 is 6.08 Å². The van der Waals surface area contributed by atoms with Crippen LogP contribution in [0.3, 0.4) is 0 Å². The molecule has 27 heavy (non-hydrogen) atoms. The molecule has 2 rings (SSSR count). The Bertz CT molecular complexity index is 612. The predicted molar refractivity (Wildman–Crippen MR) is 121 cm³/mol. The maximum atomic E-state index is 3.18. The van der Waals surface area contributed by atoms with Gasteiger partial charge < -0.3 is 0 Å². The molecule has 0 aliphatic heterocycles. The quantitative estimate of drug-likeness (QED) is 0.308. The molecule has 1 fully saturated rings. The van der Waals surface area contributed by atoms with Crippen molar-refractivity contribution in [2.24, 2.45) is 11.8 Å². The Balaban J connectivity index is 1.68. The summed E-state index contributed by atoms with van der Waals surface area (Å²) in [4.78, 5) is 0. The molecule has 0 heterocycles. The van der Waals surface area contributed by atoms with Gasteiger partial charge in [-0.1, -0.05) is 88.1 Å². The van der Waals surface area contributed by atoms with Crippen LogP contribution in [0.1, 0.15) is 89.2 Å². The van der Waals surface area contributed by atoms with Crippen molar-refractivity contribution in [3.05, 3.63) is 53.6 Å². The van der Waals surface area contributed by atoms with E-state index in [1.165, 1.54) is 81.8 Å². The first-order valence-corrected chi connectivity index (χ1v) is 11.2. The molecule has 0 radical (unpaired) electrons. The van der Waals surface area contributed by atoms with Gasteiger partial charge in [-0.15, -0.1) is 0 Å². The number of unbranched alkanes of at least 4 members (excludes halogenated alkanes) is 3. The Hall–Kier alpha value is -1.74. The molecule has 0 saturated heterocycles. The van der Waals surface area contributed by atoms with Crippen LogP contribution in [0.5, 0.6) is 0 Å². The third-order valence-electron chi connectivity index (χ3n) is 5.80. The van der Waals surface area contributed by atoms with E-state index in [-0.39, 0.29) is 0 Å². The van der Waals surface area contributed by atoms with Crippen molar-refractivity contribution < 1.29 is 0 Å². The summed E-state index contributed by atoms with van der Waals surface area (Å²) >= 11 is 0. The fourth-order valence-electron chi connectivity index (χ4n) is 3.96. The molecule has 0 N–H and O–H groups in total. The van der Waals surface area contributed by atoms with Crippen LogP contribution in [0.2, 0.25) is 0 Å². The molecular formula is C27H38. The summed E-state index contributed by atoms with van der Waals surface area (Å²) in [6, 6.07) is 8.90. The summed E-state index contributed by atoms with van der Waals surface area (Å²) in [5, 5.41) is 0. The van der Waals surface area contributed by atoms with E-state index in [9.17, 15) is 0 Å². The highest BCUT2D eigenvalue weighted by molar-refractivity contribution is 5.53. The largest absolute Gasteiger partial charge is 0.0730 e. The monoisotopic (exact) mass is 362 g/mol. The van der Waals surface area contributed by atoms with E-state index < -0.39 is 0 Å². The maximum Gasteiger partial charge on any atom is -0.0109 e. The van der Waals surface area contributed by atoms with E-state index in [1.807, 2.05) is 6.08 Å². The standard InChI is InChI=1S/C27H38/c1-3-5-9-13-25-20-22-27(23-21-25)15-11-8-7-10-14-26-18-16-24(17-19-26)12-6-4-2/h10-11,14-15,20-24,26H,3-6,9,12-13,16-19H2,1-2H3. The Kier molecular flexibility index (Phi) is 10.7. The van der Waals surface area contributed by atoms with Crippen molar-refractivity contribution in [2.75, 3.05) is 0 Å². The second-order valence-corrected chi connectivity index (χ2v) is 8.10. The molecule has 0 spiro atoms. The first-order valence-electron chi connectivity index (χ1n) is 11.2. The van der Waals surface area contributed by atoms with Gasteiger partial charge in [-0.2, -0.15) is 0 Å². The van der Waals surface area contributed by atoms with Gasteiger partial charge in [-0.05, 0) is 79.7 Å². The van der Waals surface area contributed by atoms with Crippen LogP contribution in [-0.2, 0) is 6.42 Å². The SMILES string of the molecule is CCCCCc1ccc(C=CC#CC=CC2CCC(CCCC)CC2)cc1. The van der Waals surface area contributed by atoms with Crippen LogP contribution in [0, 0.1) is 23.7 Å². The molecule has 1 aromatic carbocycles. The summed E-state index contributed by atoms with van der Waals surface area (Å²) in [6.07, 6.45) is 23.3. The second kappa shape index (κ2) is 13.4. The third-order valence-corrected chi connectivity index (χ3v) is 5.80. The summed E-state index contributed by atoms with van der Waals surface area (Å²) in [5.41, 5.74) is 2.68. The summed E-state index contributed by atoms with van der Waals surface area (Å²) in [7, 11) is 0. The lowest BCUT2D eigenvalue weighted by molar-refractivity contribution is 0.291. The molecule has 0 amide bonds. The molecule has 1 aromatic rings. The highest BCUT2D eigenvalue weighted by Gasteiger charge is 2.18. The molecule has 0 heteroatoms. The topological polar surface area (TPSA) is 0 Å². The van der Waals surface area contributed by atoms with Gasteiger partial charge in [0.2, 0.25) is 0 Å². The minimum atomic E-state index is 0.751. The lowest BCUT2D eigenvalue weighted by Crippen LogP contribution is -2.12. The third kappa shape index (κ3) is 9.14. The smallest absolute Gasteiger partial charge is 0.0109 e. The van der Waals surface area contributed by atoms with Crippen molar-refractivity contribution in [1.82, 2.24) is 0 Å². The fraction of sp³-hybridized carbons (Fsp3) is 0.556. The van der Waals surface area contributed by atoms with E-state index in [0.29, 0.717) is 0 Å². The van der Waals surface area contributed by atoms with Crippen LogP contribution in [0.15, 0.2) is 42.5 Å². The zero-order valence-electron chi connectivity index (χ0n) is 17.6. The molecule has 146 valence electrons. The van der Waals surface area contributed by atoms with Gasteiger partial charge in [-0.25, -0.2) is 0 Å². The molecule has 1 aliphatic carbocycles. The first-order chi connectivity index (χ1) is 13.3. The number of rotatable bonds is 9. The van der Waals surface area contributed by atoms with Gasteiger partial charge in [-0.3, -0.25) is 0 Å². The van der Waals surface area contributed by atoms with E-state index in [4.69, 9.17) is 0 Å². The second-order valence-electron chi connectivity index (χ2n) is 8.10. The van der Waals surface area contributed by atoms with E-state index in [2.05, 4.69) is 68.2 Å². The summed E-state index contributed by atoms with van der Waals surface area (Å²) in [5.74, 6) is 8.07. The molecule has 0 bridgehead atoms. The molecule has 1 aliphatic rings. The van der Waals surface area contributed by atoms with Crippen LogP contribution in [0.4, 0.5) is 0 Å². The zero-order chi connectivity index (χ0) is 19.2. The lowest BCUT2D eigenvalue weighted by Gasteiger charge is -2.26. The average Bonchev–Trinajstić information content (AvgIpc) is 2.71. The van der Waals surface area contributed by atoms with Crippen LogP contribution in [0.25, 0.3) is 6.08 Å². The van der Waals surface area contributed by atoms with Crippen LogP contribution < -0.4 is 0 Å². The highest BCUT2D eigenvalue weighted by atomic mass is 14.2. The van der Waals surface area contributed by atoms with Crippen molar-refractivity contribution in [1.29, 1.82) is 0 Å². The molecule has 0 unspecified atom stereocenters. The molecule has 0 atom stereocenters. The Morgan fingerprint density at radius 3 is 2.26 bits per heavy atom.